The Balaban J connectivity index is 1.33. The number of alkyl carbamates (subject to hydrolysis) is 1. The lowest BCUT2D eigenvalue weighted by Gasteiger charge is -2.31. The van der Waals surface area contributed by atoms with Crippen LogP contribution >= 0.6 is 0 Å². The number of carbonyl (C=O) groups is 4. The molecule has 14 nitrogen and oxygen atoms in total. The molecule has 1 aliphatic rings. The summed E-state index contributed by atoms with van der Waals surface area (Å²) in [6.07, 6.45) is 3.51. The lowest BCUT2D eigenvalue weighted by atomic mass is 9.84. The molecule has 0 aliphatic carbocycles. The van der Waals surface area contributed by atoms with Gasteiger partial charge in [0.1, 0.15) is 12.3 Å². The number of ketones is 1. The lowest BCUT2D eigenvalue weighted by Crippen LogP contribution is -2.50. The van der Waals surface area contributed by atoms with Crippen molar-refractivity contribution < 1.29 is 33.4 Å². The number of methoxy groups -OCH3 is 1. The van der Waals surface area contributed by atoms with Gasteiger partial charge < -0.3 is 35.1 Å². The number of ether oxygens (including phenoxy) is 3. The van der Waals surface area contributed by atoms with Crippen LogP contribution < -0.4 is 20.9 Å². The average molecular weight is 790 g/mol. The zero-order valence-corrected chi connectivity index (χ0v) is 34.9. The fourth-order valence-electron chi connectivity index (χ4n) is 6.72. The van der Waals surface area contributed by atoms with Crippen LogP contribution in [-0.2, 0) is 41.7 Å². The van der Waals surface area contributed by atoms with Crippen molar-refractivity contribution in [3.8, 4) is 22.5 Å². The van der Waals surface area contributed by atoms with E-state index in [1.165, 1.54) is 0 Å². The van der Waals surface area contributed by atoms with Crippen LogP contribution in [0.3, 0.4) is 0 Å². The number of nitrogens with zero attached hydrogens (tertiary/aromatic N) is 4. The number of anilines is 1. The molecular weight excluding hydrogens is 727 g/mol. The van der Waals surface area contributed by atoms with Gasteiger partial charge in [-0.3, -0.25) is 14.4 Å². The Kier molecular flexibility index (Phi) is 17.2. The molecular formula is C43H63N7O7. The number of aromatic nitrogens is 3. The molecule has 3 aromatic rings. The van der Waals surface area contributed by atoms with E-state index in [0.717, 1.165) is 35.2 Å². The summed E-state index contributed by atoms with van der Waals surface area (Å²) < 4.78 is 17.8. The molecule has 2 aromatic carbocycles. The van der Waals surface area contributed by atoms with Crippen LogP contribution in [0.25, 0.3) is 22.5 Å². The fourth-order valence-corrected chi connectivity index (χ4v) is 6.72. The molecule has 1 aromatic heterocycles. The van der Waals surface area contributed by atoms with Gasteiger partial charge in [0.05, 0.1) is 30.5 Å². The number of amides is 3. The number of benzene rings is 2. The number of carbonyl (C=O) groups excluding carboxylic acids is 4. The minimum Gasteiger partial charge on any atom is -0.448 e. The number of hydrogen-bond donors (Lipinski definition) is 3. The molecule has 1 unspecified atom stereocenters. The maximum atomic E-state index is 13.8. The minimum atomic E-state index is -0.521. The second-order valence-corrected chi connectivity index (χ2v) is 16.4. The fraction of sp³-hybridized carbons (Fsp3) is 0.581. The summed E-state index contributed by atoms with van der Waals surface area (Å²) in [5.41, 5.74) is 3.97. The Hall–Kier alpha value is -4.66. The Labute approximate surface area is 337 Å². The van der Waals surface area contributed by atoms with Gasteiger partial charge in [0.25, 0.3) is 0 Å². The van der Waals surface area contributed by atoms with E-state index >= 15 is 0 Å². The minimum absolute atomic E-state index is 0.0703. The van der Waals surface area contributed by atoms with E-state index in [-0.39, 0.29) is 55.3 Å². The molecule has 3 amide bonds. The van der Waals surface area contributed by atoms with Gasteiger partial charge in [0.15, 0.2) is 5.78 Å². The second kappa shape index (κ2) is 21.8. The van der Waals surface area contributed by atoms with Gasteiger partial charge in [-0.25, -0.2) is 9.48 Å². The smallest absolute Gasteiger partial charge is 0.407 e. The lowest BCUT2D eigenvalue weighted by molar-refractivity contribution is -0.129. The van der Waals surface area contributed by atoms with E-state index in [1.807, 2.05) is 69.3 Å². The van der Waals surface area contributed by atoms with Crippen molar-refractivity contribution in [3.63, 3.8) is 0 Å². The first-order valence-corrected chi connectivity index (χ1v) is 20.2. The van der Waals surface area contributed by atoms with Crippen molar-refractivity contribution >= 4 is 29.4 Å². The topological polar surface area (TPSA) is 166 Å². The summed E-state index contributed by atoms with van der Waals surface area (Å²) in [7, 11) is 1.65. The van der Waals surface area contributed by atoms with E-state index in [4.69, 9.17) is 14.2 Å². The highest BCUT2D eigenvalue weighted by molar-refractivity contribution is 6.00. The van der Waals surface area contributed by atoms with Gasteiger partial charge in [-0.15, -0.1) is 5.10 Å². The molecule has 0 radical (unpaired) electrons. The van der Waals surface area contributed by atoms with Crippen LogP contribution in [0.4, 0.5) is 10.5 Å². The average Bonchev–Trinajstić information content (AvgIpc) is 3.57. The highest BCUT2D eigenvalue weighted by Crippen LogP contribution is 2.41. The summed E-state index contributed by atoms with van der Waals surface area (Å²) in [5, 5.41) is 18.2. The van der Waals surface area contributed by atoms with Crippen LogP contribution in [0.2, 0.25) is 0 Å². The number of nitrogens with one attached hydrogen (secondary N) is 3. The summed E-state index contributed by atoms with van der Waals surface area (Å²) in [4.78, 5) is 53.7. The number of rotatable bonds is 21. The first-order valence-electron chi connectivity index (χ1n) is 20.2. The van der Waals surface area contributed by atoms with Crippen molar-refractivity contribution in [2.24, 2.45) is 5.41 Å². The molecule has 57 heavy (non-hydrogen) atoms. The van der Waals surface area contributed by atoms with E-state index < -0.39 is 11.5 Å². The maximum absolute atomic E-state index is 13.8. The summed E-state index contributed by atoms with van der Waals surface area (Å²) >= 11 is 0. The monoisotopic (exact) mass is 789 g/mol. The van der Waals surface area contributed by atoms with E-state index in [2.05, 4.69) is 47.0 Å². The first kappa shape index (κ1) is 45.0. The highest BCUT2D eigenvalue weighted by atomic mass is 16.5. The molecule has 1 aliphatic heterocycles. The number of unbranched alkanes of at least 4 members (excludes halogenated alkanes) is 1. The molecule has 312 valence electrons. The molecule has 0 saturated carbocycles. The normalized spacial score (nSPS) is 13.1. The third-order valence-electron chi connectivity index (χ3n) is 9.47. The van der Waals surface area contributed by atoms with Crippen molar-refractivity contribution in [3.05, 3.63) is 54.1 Å². The van der Waals surface area contributed by atoms with Gasteiger partial charge in [-0.2, -0.15) is 0 Å². The standard InChI is InChI=1S/C43H63N7O7/c1-42(2,3)40(53)34(46-43(4,5)6)19-12-13-23-45-41(54)57-29-25-50-39-32-17-9-8-16-31(32)30-49(35-20-11-10-18-33(35)38(39)47-48-50)37(52)22-24-44-36(51)21-14-27-56-28-15-26-55-7/h8-11,16-18,20,34,46H,12-15,19,21-30H2,1-7H3,(H,44,51)(H,45,54). The second-order valence-electron chi connectivity index (χ2n) is 16.4. The van der Waals surface area contributed by atoms with Gasteiger partial charge in [0, 0.05) is 74.9 Å². The van der Waals surface area contributed by atoms with Crippen LogP contribution in [0, 0.1) is 5.41 Å². The Morgan fingerprint density at radius 2 is 1.53 bits per heavy atom. The Bertz CT molecular complexity index is 1780. The van der Waals surface area contributed by atoms with Crippen molar-refractivity contribution in [1.82, 2.24) is 30.9 Å². The van der Waals surface area contributed by atoms with E-state index in [1.54, 1.807) is 16.7 Å². The number of Topliss-reactive ketones (excluding diaryl/α,β-unsaturated/α-hetero) is 1. The number of fused-ring (bicyclic) bond motifs is 5. The maximum Gasteiger partial charge on any atom is 0.407 e. The van der Waals surface area contributed by atoms with Crippen molar-refractivity contribution in [2.75, 3.05) is 51.5 Å². The third-order valence-corrected chi connectivity index (χ3v) is 9.47. The molecule has 1 atom stereocenters. The molecule has 4 rings (SSSR count). The molecule has 2 heterocycles. The Morgan fingerprint density at radius 3 is 2.26 bits per heavy atom. The Morgan fingerprint density at radius 1 is 0.807 bits per heavy atom. The van der Waals surface area contributed by atoms with Crippen molar-refractivity contribution in [2.45, 2.75) is 111 Å². The van der Waals surface area contributed by atoms with E-state index in [0.29, 0.717) is 70.0 Å². The van der Waals surface area contributed by atoms with Gasteiger partial charge in [-0.05, 0) is 64.5 Å². The predicted molar refractivity (Wildman–Crippen MR) is 221 cm³/mol. The van der Waals surface area contributed by atoms with Gasteiger partial charge in [0.2, 0.25) is 11.8 Å². The van der Waals surface area contributed by atoms with Gasteiger partial charge >= 0.3 is 6.09 Å². The molecule has 0 saturated heterocycles. The number of para-hydroxylation sites is 1. The zero-order chi connectivity index (χ0) is 41.4. The van der Waals surface area contributed by atoms with Gasteiger partial charge in [-0.1, -0.05) is 68.4 Å². The van der Waals surface area contributed by atoms with Crippen LogP contribution in [-0.4, -0.2) is 96.9 Å². The van der Waals surface area contributed by atoms with Crippen LogP contribution in [0.5, 0.6) is 0 Å². The molecule has 14 heteroatoms. The summed E-state index contributed by atoms with van der Waals surface area (Å²) in [5.74, 6) is -0.0642. The van der Waals surface area contributed by atoms with E-state index in [9.17, 15) is 19.2 Å². The first-order chi connectivity index (χ1) is 27.2. The molecule has 0 fully saturated rings. The number of hydrogen-bond acceptors (Lipinski definition) is 10. The van der Waals surface area contributed by atoms with Crippen molar-refractivity contribution in [1.29, 1.82) is 0 Å². The highest BCUT2D eigenvalue weighted by Gasteiger charge is 2.32. The third kappa shape index (κ3) is 14.0. The molecule has 3 N–H and O–H groups in total. The largest absolute Gasteiger partial charge is 0.448 e. The molecule has 0 bridgehead atoms. The summed E-state index contributed by atoms with van der Waals surface area (Å²) in [6.45, 7) is 15.0. The van der Waals surface area contributed by atoms with Crippen LogP contribution in [0.15, 0.2) is 48.5 Å². The van der Waals surface area contributed by atoms with Crippen LogP contribution in [0.1, 0.15) is 92.1 Å². The predicted octanol–water partition coefficient (Wildman–Crippen LogP) is 6.07. The molecule has 0 spiro atoms. The summed E-state index contributed by atoms with van der Waals surface area (Å²) in [6, 6.07) is 15.2. The quantitative estimate of drug-likeness (QED) is 0.108. The zero-order valence-electron chi connectivity index (χ0n) is 34.9. The SMILES string of the molecule is COCCCOCCCC(=O)NCCC(=O)N1Cc2ccccc2-c2c(nnn2CCOC(=O)NCCCCC(NC(C)(C)C)C(=O)C(C)(C)C)-c2ccccc21.